The third kappa shape index (κ3) is 3.78. The Balaban J connectivity index is 1.07. The number of piperazine rings is 1. The average molecular weight is 446 g/mol. The molecule has 0 N–H and O–H groups in total. The molecule has 0 unspecified atom stereocenters. The summed E-state index contributed by atoms with van der Waals surface area (Å²) in [5.41, 5.74) is 2.45. The Kier molecular flexibility index (Phi) is 5.32. The molecule has 6 rings (SSSR count). The Hall–Kier alpha value is -2.50. The molecule has 2 aliphatic rings. The fourth-order valence-electron chi connectivity index (χ4n) is 5.64. The van der Waals surface area contributed by atoms with E-state index < -0.39 is 0 Å². The zero-order chi connectivity index (χ0) is 21.5. The van der Waals surface area contributed by atoms with Crippen LogP contribution in [0.15, 0.2) is 60.0 Å². The van der Waals surface area contributed by atoms with Crippen molar-refractivity contribution in [3.05, 3.63) is 71.4 Å². The maximum atomic E-state index is 13.4. The Bertz CT molecular complexity index is 1240. The minimum Gasteiger partial charge on any atom is -0.354 e. The Labute approximate surface area is 192 Å². The second-order valence-corrected chi connectivity index (χ2v) is 10.1. The molecule has 1 aliphatic carbocycles. The van der Waals surface area contributed by atoms with Crippen LogP contribution in [0.25, 0.3) is 21.0 Å². The van der Waals surface area contributed by atoms with E-state index >= 15 is 0 Å². The molecular formula is C27H28FN3S. The summed E-state index contributed by atoms with van der Waals surface area (Å²) in [5, 5.41) is 4.74. The largest absolute Gasteiger partial charge is 0.354 e. The van der Waals surface area contributed by atoms with Crippen LogP contribution < -0.4 is 4.90 Å². The van der Waals surface area contributed by atoms with E-state index in [2.05, 4.69) is 39.4 Å². The summed E-state index contributed by atoms with van der Waals surface area (Å²) < 4.78 is 14.9. The molecule has 164 valence electrons. The van der Waals surface area contributed by atoms with Gasteiger partial charge in [0.1, 0.15) is 11.6 Å². The molecule has 0 bridgehead atoms. The van der Waals surface area contributed by atoms with Crippen molar-refractivity contribution in [3.63, 3.8) is 0 Å². The van der Waals surface area contributed by atoms with E-state index in [0.29, 0.717) is 6.04 Å². The van der Waals surface area contributed by atoms with Gasteiger partial charge in [0.15, 0.2) is 0 Å². The number of thiophene rings is 1. The van der Waals surface area contributed by atoms with E-state index in [0.717, 1.165) is 48.8 Å². The first-order valence-corrected chi connectivity index (χ1v) is 12.6. The lowest BCUT2D eigenvalue weighted by Gasteiger charge is -2.42. The monoisotopic (exact) mass is 445 g/mol. The van der Waals surface area contributed by atoms with E-state index in [-0.39, 0.29) is 5.82 Å². The minimum absolute atomic E-state index is 0.206. The highest BCUT2D eigenvalue weighted by atomic mass is 32.1. The standard InChI is InChI=1S/C27H28FN3S/c28-21-8-11-25-20(17-21)7-12-27(29-25)31-15-13-30(14-16-31)22-9-5-19(6-10-22)24-18-32-26-4-2-1-3-23(24)26/h1-4,7-8,11-12,17-19,22H,5-6,9-10,13-16H2/t19-,22-. The highest BCUT2D eigenvalue weighted by molar-refractivity contribution is 7.17. The molecule has 3 heterocycles. The van der Waals surface area contributed by atoms with Crippen LogP contribution in [0, 0.1) is 5.82 Å². The predicted octanol–water partition coefficient (Wildman–Crippen LogP) is 6.44. The molecule has 0 radical (unpaired) electrons. The van der Waals surface area contributed by atoms with Crippen molar-refractivity contribution >= 4 is 38.1 Å². The molecule has 0 amide bonds. The number of halogens is 1. The first kappa shape index (κ1) is 20.1. The SMILES string of the molecule is Fc1ccc2nc(N3CCN([C@H]4CC[C@H](c5csc6ccccc65)CC4)CC3)ccc2c1. The van der Waals surface area contributed by atoms with E-state index in [9.17, 15) is 4.39 Å². The number of hydrogen-bond donors (Lipinski definition) is 0. The Morgan fingerprint density at radius 1 is 0.875 bits per heavy atom. The van der Waals surface area contributed by atoms with Gasteiger partial charge in [0, 0.05) is 42.3 Å². The molecule has 32 heavy (non-hydrogen) atoms. The van der Waals surface area contributed by atoms with Crippen LogP contribution in [-0.4, -0.2) is 42.1 Å². The summed E-state index contributed by atoms with van der Waals surface area (Å²) in [6.07, 6.45) is 5.20. The van der Waals surface area contributed by atoms with Gasteiger partial charge in [-0.15, -0.1) is 11.3 Å². The van der Waals surface area contributed by atoms with Crippen LogP contribution in [0.3, 0.4) is 0 Å². The molecule has 0 atom stereocenters. The van der Waals surface area contributed by atoms with E-state index in [4.69, 9.17) is 4.98 Å². The lowest BCUT2D eigenvalue weighted by Crippen LogP contribution is -2.51. The zero-order valence-electron chi connectivity index (χ0n) is 18.2. The van der Waals surface area contributed by atoms with Crippen LogP contribution in [0.4, 0.5) is 10.2 Å². The van der Waals surface area contributed by atoms with Crippen molar-refractivity contribution in [3.8, 4) is 0 Å². The molecule has 1 saturated carbocycles. The fraction of sp³-hybridized carbons (Fsp3) is 0.370. The summed E-state index contributed by atoms with van der Waals surface area (Å²) in [6, 6.07) is 18.4. The van der Waals surface area contributed by atoms with Gasteiger partial charge in [0.05, 0.1) is 5.52 Å². The summed E-state index contributed by atoms with van der Waals surface area (Å²) in [6.45, 7) is 4.21. The summed E-state index contributed by atoms with van der Waals surface area (Å²) in [7, 11) is 0. The number of pyridine rings is 1. The first-order chi connectivity index (χ1) is 15.7. The van der Waals surface area contributed by atoms with Gasteiger partial charge < -0.3 is 4.90 Å². The summed E-state index contributed by atoms with van der Waals surface area (Å²) in [5.74, 6) is 1.52. The van der Waals surface area contributed by atoms with Gasteiger partial charge in [-0.3, -0.25) is 4.90 Å². The van der Waals surface area contributed by atoms with Crippen molar-refractivity contribution in [2.24, 2.45) is 0 Å². The second kappa shape index (κ2) is 8.45. The highest BCUT2D eigenvalue weighted by Gasteiger charge is 2.30. The molecule has 3 nitrogen and oxygen atoms in total. The quantitative estimate of drug-likeness (QED) is 0.362. The topological polar surface area (TPSA) is 19.4 Å². The lowest BCUT2D eigenvalue weighted by atomic mass is 9.81. The number of anilines is 1. The van der Waals surface area contributed by atoms with Gasteiger partial charge in [-0.05, 0) is 84.3 Å². The molecular weight excluding hydrogens is 417 g/mol. The number of benzene rings is 2. The Morgan fingerprint density at radius 2 is 1.69 bits per heavy atom. The van der Waals surface area contributed by atoms with Gasteiger partial charge in [-0.25, -0.2) is 9.37 Å². The smallest absolute Gasteiger partial charge is 0.129 e. The van der Waals surface area contributed by atoms with Gasteiger partial charge >= 0.3 is 0 Å². The molecule has 4 aromatic rings. The predicted molar refractivity (Wildman–Crippen MR) is 132 cm³/mol. The number of nitrogens with zero attached hydrogens (tertiary/aromatic N) is 3. The van der Waals surface area contributed by atoms with Crippen LogP contribution in [0.5, 0.6) is 0 Å². The van der Waals surface area contributed by atoms with E-state index in [1.165, 1.54) is 41.8 Å². The molecule has 1 aliphatic heterocycles. The normalized spacial score (nSPS) is 22.6. The number of aromatic nitrogens is 1. The molecule has 5 heteroatoms. The van der Waals surface area contributed by atoms with Crippen LogP contribution >= 0.6 is 11.3 Å². The lowest BCUT2D eigenvalue weighted by molar-refractivity contribution is 0.141. The highest BCUT2D eigenvalue weighted by Crippen LogP contribution is 2.40. The number of fused-ring (bicyclic) bond motifs is 2. The molecule has 2 aromatic carbocycles. The van der Waals surface area contributed by atoms with Crippen molar-refractivity contribution in [1.82, 2.24) is 9.88 Å². The first-order valence-electron chi connectivity index (χ1n) is 11.8. The van der Waals surface area contributed by atoms with Gasteiger partial charge in [-0.1, -0.05) is 18.2 Å². The van der Waals surface area contributed by atoms with Crippen molar-refractivity contribution in [1.29, 1.82) is 0 Å². The molecule has 0 spiro atoms. The summed E-state index contributed by atoms with van der Waals surface area (Å²) in [4.78, 5) is 9.86. The molecule has 2 aromatic heterocycles. The van der Waals surface area contributed by atoms with Crippen molar-refractivity contribution < 1.29 is 4.39 Å². The van der Waals surface area contributed by atoms with Crippen LogP contribution in [0.1, 0.15) is 37.2 Å². The van der Waals surface area contributed by atoms with Crippen molar-refractivity contribution in [2.45, 2.75) is 37.6 Å². The van der Waals surface area contributed by atoms with Gasteiger partial charge in [0.25, 0.3) is 0 Å². The number of rotatable bonds is 3. The van der Waals surface area contributed by atoms with Gasteiger partial charge in [0.2, 0.25) is 0 Å². The fourth-order valence-corrected chi connectivity index (χ4v) is 6.69. The maximum Gasteiger partial charge on any atom is 0.129 e. The summed E-state index contributed by atoms with van der Waals surface area (Å²) >= 11 is 1.90. The van der Waals surface area contributed by atoms with E-state index in [1.807, 2.05) is 23.5 Å². The second-order valence-electron chi connectivity index (χ2n) is 9.22. The van der Waals surface area contributed by atoms with Crippen LogP contribution in [-0.2, 0) is 0 Å². The number of hydrogen-bond acceptors (Lipinski definition) is 4. The Morgan fingerprint density at radius 3 is 2.53 bits per heavy atom. The van der Waals surface area contributed by atoms with Crippen molar-refractivity contribution in [2.75, 3.05) is 31.1 Å². The average Bonchev–Trinajstić information content (AvgIpc) is 3.28. The van der Waals surface area contributed by atoms with Crippen LogP contribution in [0.2, 0.25) is 0 Å². The maximum absolute atomic E-state index is 13.4. The molecule has 1 saturated heterocycles. The molecule has 2 fully saturated rings. The van der Waals surface area contributed by atoms with E-state index in [1.54, 1.807) is 17.7 Å². The minimum atomic E-state index is -0.206. The zero-order valence-corrected chi connectivity index (χ0v) is 19.0. The third-order valence-corrected chi connectivity index (χ3v) is 8.42. The third-order valence-electron chi connectivity index (χ3n) is 7.44. The van der Waals surface area contributed by atoms with Gasteiger partial charge in [-0.2, -0.15) is 0 Å².